The Morgan fingerprint density at radius 3 is 2.59 bits per heavy atom. The second-order valence-corrected chi connectivity index (χ2v) is 7.20. The van der Waals surface area contributed by atoms with E-state index in [9.17, 15) is 4.79 Å². The third-order valence-corrected chi connectivity index (χ3v) is 4.80. The van der Waals surface area contributed by atoms with Gasteiger partial charge in [-0.15, -0.1) is 4.80 Å². The summed E-state index contributed by atoms with van der Waals surface area (Å²) in [4.78, 5) is 22.4. The number of nitrogens with one attached hydrogen (secondary N) is 2. The van der Waals surface area contributed by atoms with E-state index < -0.39 is 12.1 Å². The summed E-state index contributed by atoms with van der Waals surface area (Å²) in [5, 5.41) is 18.1. The van der Waals surface area contributed by atoms with Crippen LogP contribution in [-0.4, -0.2) is 61.4 Å². The topological polar surface area (TPSA) is 133 Å². The molecule has 4 aromatic rings. The molecule has 4 aromatic heterocycles. The van der Waals surface area contributed by atoms with E-state index in [-0.39, 0.29) is 16.8 Å². The van der Waals surface area contributed by atoms with Gasteiger partial charge in [0.15, 0.2) is 16.6 Å². The number of halogens is 2. The van der Waals surface area contributed by atoms with Crippen molar-refractivity contribution in [2.75, 3.05) is 31.5 Å². The molecule has 1 atom stereocenters. The second-order valence-electron chi connectivity index (χ2n) is 6.40. The van der Waals surface area contributed by atoms with Crippen LogP contribution in [0.25, 0.3) is 11.5 Å². The van der Waals surface area contributed by atoms with Crippen LogP contribution in [0.2, 0.25) is 10.2 Å². The van der Waals surface area contributed by atoms with Gasteiger partial charge < -0.3 is 20.1 Å². The third-order valence-electron chi connectivity index (χ3n) is 4.33. The molecule has 0 saturated heterocycles. The van der Waals surface area contributed by atoms with Crippen LogP contribution in [0.15, 0.2) is 36.9 Å². The van der Waals surface area contributed by atoms with E-state index in [2.05, 4.69) is 35.9 Å². The molecule has 0 unspecified atom stereocenters. The van der Waals surface area contributed by atoms with Crippen molar-refractivity contribution in [2.45, 2.75) is 6.10 Å². The third kappa shape index (κ3) is 4.48. The van der Waals surface area contributed by atoms with Gasteiger partial charge in [0.05, 0.1) is 47.8 Å². The van der Waals surface area contributed by atoms with Crippen molar-refractivity contribution in [1.82, 2.24) is 34.6 Å². The molecule has 2 N–H and O–H groups in total. The van der Waals surface area contributed by atoms with Crippen molar-refractivity contribution in [3.8, 4) is 5.82 Å². The molecule has 4 rings (SSSR count). The number of aromatic nitrogens is 7. The Balaban J connectivity index is 1.59. The first-order chi connectivity index (χ1) is 15.5. The number of carbonyl (C=O) groups is 1. The number of hydrogen-bond acceptors (Lipinski definition) is 8. The van der Waals surface area contributed by atoms with Gasteiger partial charge in [0, 0.05) is 20.3 Å². The fourth-order valence-corrected chi connectivity index (χ4v) is 3.41. The van der Waals surface area contributed by atoms with Crippen molar-refractivity contribution in [2.24, 2.45) is 0 Å². The van der Waals surface area contributed by atoms with E-state index in [1.54, 1.807) is 13.2 Å². The van der Waals surface area contributed by atoms with Gasteiger partial charge in [-0.2, -0.15) is 15.3 Å². The molecule has 2 amide bonds. The minimum Gasteiger partial charge on any atom is -0.382 e. The molecule has 32 heavy (non-hydrogen) atoms. The second kappa shape index (κ2) is 9.44. The van der Waals surface area contributed by atoms with Gasteiger partial charge in [-0.3, -0.25) is 0 Å². The van der Waals surface area contributed by atoms with E-state index >= 15 is 0 Å². The molecule has 166 valence electrons. The molecule has 0 saturated carbocycles. The highest BCUT2D eigenvalue weighted by Gasteiger charge is 2.22. The Morgan fingerprint density at radius 1 is 1.12 bits per heavy atom. The van der Waals surface area contributed by atoms with Crippen LogP contribution in [0.3, 0.4) is 0 Å². The Hall–Kier alpha value is -3.32. The Kier molecular flexibility index (Phi) is 6.46. The number of anilines is 2. The van der Waals surface area contributed by atoms with Gasteiger partial charge in [0.25, 0.3) is 0 Å². The van der Waals surface area contributed by atoms with Crippen molar-refractivity contribution < 1.29 is 14.3 Å². The molecule has 0 fully saturated rings. The monoisotopic (exact) mass is 477 g/mol. The number of ether oxygens (including phenoxy) is 2. The SMILES string of the molecule is COC[C@H](OC)c1c(NC(=O)Nc2cnc(-n3nccn3)c(Cl)c2)cnc2cc(Cl)nn12. The number of nitrogens with zero attached hydrogens (tertiary/aromatic N) is 7. The number of amides is 2. The lowest BCUT2D eigenvalue weighted by Gasteiger charge is -2.19. The van der Waals surface area contributed by atoms with Crippen LogP contribution < -0.4 is 10.6 Å². The Bertz CT molecular complexity index is 1250. The first-order valence-corrected chi connectivity index (χ1v) is 9.92. The van der Waals surface area contributed by atoms with Crippen LogP contribution in [0.5, 0.6) is 0 Å². The lowest BCUT2D eigenvalue weighted by atomic mass is 10.2. The summed E-state index contributed by atoms with van der Waals surface area (Å²) in [6.07, 6.45) is 5.38. The fourth-order valence-electron chi connectivity index (χ4n) is 3.00. The number of fused-ring (bicyclic) bond motifs is 1. The molecule has 0 spiro atoms. The smallest absolute Gasteiger partial charge is 0.323 e. The van der Waals surface area contributed by atoms with Crippen LogP contribution in [0.1, 0.15) is 11.8 Å². The molecule has 12 nitrogen and oxygen atoms in total. The van der Waals surface area contributed by atoms with Gasteiger partial charge in [-0.1, -0.05) is 23.2 Å². The Morgan fingerprint density at radius 2 is 1.91 bits per heavy atom. The number of pyridine rings is 1. The predicted octanol–water partition coefficient (Wildman–Crippen LogP) is 2.99. The van der Waals surface area contributed by atoms with Crippen molar-refractivity contribution in [3.05, 3.63) is 52.8 Å². The highest BCUT2D eigenvalue weighted by molar-refractivity contribution is 6.32. The molecule has 0 aliphatic rings. The van der Waals surface area contributed by atoms with Crippen LogP contribution in [0, 0.1) is 0 Å². The standard InChI is InChI=1S/C18H17Cl2N9O3/c1-31-9-13(32-2)16-12(8-21-15-6-14(20)27-28(15)16)26-18(30)25-10-5-11(19)17(22-7-10)29-23-3-4-24-29/h3-8,13H,9H2,1-2H3,(H2,25,26,30)/t13-/m0/s1. The molecular weight excluding hydrogens is 461 g/mol. The van der Waals surface area contributed by atoms with Gasteiger partial charge in [-0.05, 0) is 6.07 Å². The van der Waals surface area contributed by atoms with E-state index in [1.807, 2.05) is 0 Å². The molecule has 0 bridgehead atoms. The maximum absolute atomic E-state index is 12.7. The van der Waals surface area contributed by atoms with Gasteiger partial charge >= 0.3 is 6.03 Å². The first kappa shape index (κ1) is 21.9. The summed E-state index contributed by atoms with van der Waals surface area (Å²) in [5.41, 5.74) is 1.72. The molecule has 4 heterocycles. The number of methoxy groups -OCH3 is 2. The van der Waals surface area contributed by atoms with Gasteiger partial charge in [0.2, 0.25) is 0 Å². The largest absolute Gasteiger partial charge is 0.382 e. The van der Waals surface area contributed by atoms with Gasteiger partial charge in [0.1, 0.15) is 11.8 Å². The van der Waals surface area contributed by atoms with Crippen LogP contribution >= 0.6 is 23.2 Å². The first-order valence-electron chi connectivity index (χ1n) is 9.16. The number of urea groups is 1. The van der Waals surface area contributed by atoms with E-state index in [0.29, 0.717) is 28.5 Å². The number of rotatable bonds is 7. The summed E-state index contributed by atoms with van der Waals surface area (Å²) in [7, 11) is 3.06. The van der Waals surface area contributed by atoms with E-state index in [0.717, 1.165) is 0 Å². The number of hydrogen-bond donors (Lipinski definition) is 2. The van der Waals surface area contributed by atoms with Crippen molar-refractivity contribution in [1.29, 1.82) is 0 Å². The highest BCUT2D eigenvalue weighted by atomic mass is 35.5. The maximum Gasteiger partial charge on any atom is 0.323 e. The molecule has 0 aromatic carbocycles. The van der Waals surface area contributed by atoms with Crippen molar-refractivity contribution in [3.63, 3.8) is 0 Å². The predicted molar refractivity (Wildman–Crippen MR) is 116 cm³/mol. The molecule has 0 aliphatic heterocycles. The maximum atomic E-state index is 12.7. The van der Waals surface area contributed by atoms with Crippen LogP contribution in [-0.2, 0) is 9.47 Å². The summed E-state index contributed by atoms with van der Waals surface area (Å²) < 4.78 is 12.3. The van der Waals surface area contributed by atoms with E-state index in [4.69, 9.17) is 32.7 Å². The average Bonchev–Trinajstić information content (AvgIpc) is 3.41. The molecule has 0 aliphatic carbocycles. The number of carbonyl (C=O) groups excluding carboxylic acids is 1. The summed E-state index contributed by atoms with van der Waals surface area (Å²) in [5.74, 6) is 0.331. The van der Waals surface area contributed by atoms with E-state index in [1.165, 1.54) is 47.3 Å². The molecular formula is C18H17Cl2N9O3. The van der Waals surface area contributed by atoms with Crippen molar-refractivity contribution >= 4 is 46.3 Å². The quantitative estimate of drug-likeness (QED) is 0.414. The normalized spacial score (nSPS) is 12.1. The summed E-state index contributed by atoms with van der Waals surface area (Å²) in [6, 6.07) is 2.57. The summed E-state index contributed by atoms with van der Waals surface area (Å²) in [6.45, 7) is 0.214. The Labute approximate surface area is 191 Å². The molecule has 14 heteroatoms. The minimum atomic E-state index is -0.555. The zero-order valence-electron chi connectivity index (χ0n) is 16.9. The zero-order chi connectivity index (χ0) is 22.7. The lowest BCUT2D eigenvalue weighted by Crippen LogP contribution is -2.24. The van der Waals surface area contributed by atoms with Crippen LogP contribution in [0.4, 0.5) is 16.2 Å². The summed E-state index contributed by atoms with van der Waals surface area (Å²) >= 11 is 12.3. The fraction of sp³-hybridized carbons (Fsp3) is 0.222. The zero-order valence-corrected chi connectivity index (χ0v) is 18.4. The average molecular weight is 478 g/mol. The van der Waals surface area contributed by atoms with Gasteiger partial charge in [-0.25, -0.2) is 19.3 Å². The lowest BCUT2D eigenvalue weighted by molar-refractivity contribution is 0.0241. The highest BCUT2D eigenvalue weighted by Crippen LogP contribution is 2.27. The molecule has 0 radical (unpaired) electrons. The minimum absolute atomic E-state index is 0.214.